The van der Waals surface area contributed by atoms with Crippen LogP contribution in [0.2, 0.25) is 0 Å². The molecule has 0 saturated heterocycles. The zero-order valence-electron chi connectivity index (χ0n) is 6.36. The Morgan fingerprint density at radius 1 is 1.45 bits per heavy atom. The van der Waals surface area contributed by atoms with E-state index < -0.39 is 0 Å². The molecule has 0 amide bonds. The first-order valence-electron chi connectivity index (χ1n) is 3.69. The van der Waals surface area contributed by atoms with E-state index in [4.69, 9.17) is 4.74 Å². The van der Waals surface area contributed by atoms with Gasteiger partial charge in [0.1, 0.15) is 11.6 Å². The van der Waals surface area contributed by atoms with E-state index in [-0.39, 0.29) is 5.82 Å². The fourth-order valence-electron chi connectivity index (χ4n) is 1.37. The van der Waals surface area contributed by atoms with Crippen LogP contribution in [-0.2, 0) is 6.42 Å². The van der Waals surface area contributed by atoms with Crippen LogP contribution in [0.5, 0.6) is 5.75 Å². The molecule has 1 aromatic carbocycles. The number of hydrogen-bond acceptors (Lipinski definition) is 1. The predicted octanol–water partition coefficient (Wildman–Crippen LogP) is 2.07. The summed E-state index contributed by atoms with van der Waals surface area (Å²) in [7, 11) is 0. The van der Waals surface area contributed by atoms with Crippen molar-refractivity contribution in [2.75, 3.05) is 6.61 Å². The number of ether oxygens (including phenoxy) is 1. The largest absolute Gasteiger partial charge is 0.493 e. The second kappa shape index (κ2) is 2.22. The van der Waals surface area contributed by atoms with Crippen LogP contribution in [0, 0.1) is 12.7 Å². The molecule has 1 aromatic rings. The van der Waals surface area contributed by atoms with Crippen molar-refractivity contribution >= 4 is 0 Å². The predicted molar refractivity (Wildman–Crippen MR) is 40.3 cm³/mol. The van der Waals surface area contributed by atoms with Crippen molar-refractivity contribution in [2.45, 2.75) is 13.3 Å². The number of aryl methyl sites for hydroxylation is 1. The molecule has 0 aromatic heterocycles. The van der Waals surface area contributed by atoms with Crippen LogP contribution in [0.1, 0.15) is 11.1 Å². The van der Waals surface area contributed by atoms with Crippen LogP contribution < -0.4 is 4.74 Å². The Hall–Kier alpha value is -1.05. The van der Waals surface area contributed by atoms with Gasteiger partial charge in [0.15, 0.2) is 0 Å². The molecule has 1 nitrogen and oxygen atoms in total. The number of benzene rings is 1. The van der Waals surface area contributed by atoms with E-state index in [1.807, 2.05) is 13.0 Å². The highest BCUT2D eigenvalue weighted by Crippen LogP contribution is 2.28. The van der Waals surface area contributed by atoms with Gasteiger partial charge in [-0.2, -0.15) is 0 Å². The molecule has 0 saturated carbocycles. The lowest BCUT2D eigenvalue weighted by molar-refractivity contribution is 0.356. The lowest BCUT2D eigenvalue weighted by Crippen LogP contribution is -1.86. The molecule has 11 heavy (non-hydrogen) atoms. The van der Waals surface area contributed by atoms with Crippen LogP contribution in [0.3, 0.4) is 0 Å². The van der Waals surface area contributed by atoms with Crippen molar-refractivity contribution in [1.29, 1.82) is 0 Å². The zero-order chi connectivity index (χ0) is 7.84. The van der Waals surface area contributed by atoms with Gasteiger partial charge >= 0.3 is 0 Å². The second-order valence-electron chi connectivity index (χ2n) is 2.82. The third-order valence-electron chi connectivity index (χ3n) is 1.91. The molecule has 0 N–H and O–H groups in total. The van der Waals surface area contributed by atoms with Crippen LogP contribution in [0.4, 0.5) is 4.39 Å². The van der Waals surface area contributed by atoms with Gasteiger partial charge in [0, 0.05) is 12.0 Å². The molecule has 0 bridgehead atoms. The fourth-order valence-corrected chi connectivity index (χ4v) is 1.37. The molecule has 2 heteroatoms. The van der Waals surface area contributed by atoms with Gasteiger partial charge in [0.05, 0.1) is 6.61 Å². The molecule has 1 heterocycles. The third kappa shape index (κ3) is 0.985. The normalized spacial score (nSPS) is 14.4. The van der Waals surface area contributed by atoms with Gasteiger partial charge in [-0.25, -0.2) is 4.39 Å². The summed E-state index contributed by atoms with van der Waals surface area (Å²) >= 11 is 0. The van der Waals surface area contributed by atoms with E-state index in [1.165, 1.54) is 0 Å². The number of rotatable bonds is 0. The van der Waals surface area contributed by atoms with Crippen molar-refractivity contribution < 1.29 is 9.13 Å². The topological polar surface area (TPSA) is 9.23 Å². The van der Waals surface area contributed by atoms with E-state index >= 15 is 0 Å². The van der Waals surface area contributed by atoms with Crippen LogP contribution in [0.25, 0.3) is 0 Å². The van der Waals surface area contributed by atoms with Gasteiger partial charge in [-0.1, -0.05) is 0 Å². The molecule has 58 valence electrons. The summed E-state index contributed by atoms with van der Waals surface area (Å²) < 4.78 is 18.3. The van der Waals surface area contributed by atoms with Crippen molar-refractivity contribution in [2.24, 2.45) is 0 Å². The lowest BCUT2D eigenvalue weighted by Gasteiger charge is -2.00. The van der Waals surface area contributed by atoms with Gasteiger partial charge in [0.2, 0.25) is 0 Å². The van der Waals surface area contributed by atoms with E-state index in [2.05, 4.69) is 0 Å². The SMILES string of the molecule is Cc1cc(F)c2c(c1)OCC2. The maximum Gasteiger partial charge on any atom is 0.130 e. The number of halogens is 1. The monoisotopic (exact) mass is 152 g/mol. The van der Waals surface area contributed by atoms with Gasteiger partial charge in [-0.15, -0.1) is 0 Å². The molecule has 0 spiro atoms. The quantitative estimate of drug-likeness (QED) is 0.553. The van der Waals surface area contributed by atoms with Gasteiger partial charge in [0.25, 0.3) is 0 Å². The Kier molecular flexibility index (Phi) is 1.34. The Morgan fingerprint density at radius 2 is 2.27 bits per heavy atom. The average molecular weight is 152 g/mol. The summed E-state index contributed by atoms with van der Waals surface area (Å²) in [5, 5.41) is 0. The van der Waals surface area contributed by atoms with E-state index in [0.29, 0.717) is 13.0 Å². The first-order valence-corrected chi connectivity index (χ1v) is 3.69. The third-order valence-corrected chi connectivity index (χ3v) is 1.91. The molecule has 1 aliphatic heterocycles. The van der Waals surface area contributed by atoms with Gasteiger partial charge < -0.3 is 4.74 Å². The number of fused-ring (bicyclic) bond motifs is 1. The standard InChI is InChI=1S/C9H9FO/c1-6-4-8(10)7-2-3-11-9(7)5-6/h4-5H,2-3H2,1H3. The van der Waals surface area contributed by atoms with Crippen LogP contribution >= 0.6 is 0 Å². The maximum absolute atomic E-state index is 13.1. The smallest absolute Gasteiger partial charge is 0.130 e. The molecule has 0 atom stereocenters. The summed E-state index contributed by atoms with van der Waals surface area (Å²) in [6, 6.07) is 3.43. The molecular weight excluding hydrogens is 143 g/mol. The highest BCUT2D eigenvalue weighted by atomic mass is 19.1. The van der Waals surface area contributed by atoms with E-state index in [1.54, 1.807) is 6.07 Å². The Morgan fingerprint density at radius 3 is 3.09 bits per heavy atom. The van der Waals surface area contributed by atoms with Crippen LogP contribution in [-0.4, -0.2) is 6.61 Å². The molecule has 0 unspecified atom stereocenters. The van der Waals surface area contributed by atoms with Gasteiger partial charge in [-0.05, 0) is 24.6 Å². The van der Waals surface area contributed by atoms with Crippen LogP contribution in [0.15, 0.2) is 12.1 Å². The highest BCUT2D eigenvalue weighted by Gasteiger charge is 2.16. The Labute approximate surface area is 64.8 Å². The molecule has 1 aliphatic rings. The molecule has 0 radical (unpaired) electrons. The van der Waals surface area contributed by atoms with Crippen molar-refractivity contribution in [3.05, 3.63) is 29.1 Å². The summed E-state index contributed by atoms with van der Waals surface area (Å²) in [5.74, 6) is 0.597. The molecule has 2 rings (SSSR count). The van der Waals surface area contributed by atoms with E-state index in [9.17, 15) is 4.39 Å². The summed E-state index contributed by atoms with van der Waals surface area (Å²) in [6.07, 6.45) is 0.710. The summed E-state index contributed by atoms with van der Waals surface area (Å²) in [4.78, 5) is 0. The van der Waals surface area contributed by atoms with Crippen molar-refractivity contribution in [3.63, 3.8) is 0 Å². The fraction of sp³-hybridized carbons (Fsp3) is 0.333. The van der Waals surface area contributed by atoms with Gasteiger partial charge in [-0.3, -0.25) is 0 Å². The summed E-state index contributed by atoms with van der Waals surface area (Å²) in [6.45, 7) is 2.49. The molecule has 0 fully saturated rings. The zero-order valence-corrected chi connectivity index (χ0v) is 6.36. The summed E-state index contributed by atoms with van der Waals surface area (Å²) in [5.41, 5.74) is 1.65. The average Bonchev–Trinajstić information content (AvgIpc) is 2.34. The maximum atomic E-state index is 13.1. The number of hydrogen-bond donors (Lipinski definition) is 0. The first-order chi connectivity index (χ1) is 5.27. The minimum absolute atomic E-state index is 0.127. The van der Waals surface area contributed by atoms with Crippen molar-refractivity contribution in [3.8, 4) is 5.75 Å². The first kappa shape index (κ1) is 6.65. The van der Waals surface area contributed by atoms with E-state index in [0.717, 1.165) is 16.9 Å². The van der Waals surface area contributed by atoms with Crippen molar-refractivity contribution in [1.82, 2.24) is 0 Å². The molecule has 0 aliphatic carbocycles. The minimum Gasteiger partial charge on any atom is -0.493 e. The highest BCUT2D eigenvalue weighted by molar-refractivity contribution is 5.40. The Bertz CT molecular complexity index is 294. The lowest BCUT2D eigenvalue weighted by atomic mass is 10.1. The second-order valence-corrected chi connectivity index (χ2v) is 2.82. The minimum atomic E-state index is -0.127. The Balaban J connectivity index is 2.60. The molecular formula is C9H9FO.